The summed E-state index contributed by atoms with van der Waals surface area (Å²) in [4.78, 5) is 121. The fourth-order valence-electron chi connectivity index (χ4n) is 14.5. The van der Waals surface area contributed by atoms with Gasteiger partial charge in [0.1, 0.15) is 95.5 Å². The Hall–Kier alpha value is -10.1. The van der Waals surface area contributed by atoms with Crippen LogP contribution >= 0.6 is 11.6 Å². The van der Waals surface area contributed by atoms with E-state index in [1.165, 1.54) is 71.1 Å². The topological polar surface area (TPSA) is 567 Å². The molecule has 37 heteroatoms. The van der Waals surface area contributed by atoms with Crippen LogP contribution in [-0.4, -0.2) is 216 Å². The average molecular weight is 1600 g/mol. The lowest BCUT2D eigenvalue weighted by Gasteiger charge is -2.47. The Morgan fingerprint density at radius 2 is 1.31 bits per heavy atom. The number of terminal acetylenes is 1. The van der Waals surface area contributed by atoms with E-state index >= 15 is 24.0 Å². The second-order valence-corrected chi connectivity index (χ2v) is 30.1. The van der Waals surface area contributed by atoms with Crippen molar-refractivity contribution >= 4 is 58.9 Å². The molecule has 8 aliphatic rings. The summed E-state index contributed by atoms with van der Waals surface area (Å²) in [6.07, 6.45) is -16.7. The summed E-state index contributed by atoms with van der Waals surface area (Å²) in [7, 11) is 1.48. The molecule has 8 aliphatic heterocycles. The number of nitrogens with one attached hydrogen (secondary N) is 8. The first kappa shape index (κ1) is 83.9. The number of carbonyl (C=O) groups is 8. The molecule has 8 heterocycles. The number of ether oxygens (including phenoxy) is 8. The molecule has 36 nitrogen and oxygen atoms in total. The van der Waals surface area contributed by atoms with Crippen molar-refractivity contribution in [2.24, 2.45) is 23.1 Å². The second kappa shape index (κ2) is 34.3. The van der Waals surface area contributed by atoms with E-state index in [2.05, 4.69) is 48.5 Å². The van der Waals surface area contributed by atoms with Crippen molar-refractivity contribution < 1.29 is 122 Å². The van der Waals surface area contributed by atoms with Gasteiger partial charge in [-0.05, 0) is 129 Å². The minimum Gasteiger partial charge on any atom is -0.508 e. The molecule has 13 rings (SSSR count). The number of primary amides is 1. The van der Waals surface area contributed by atoms with E-state index in [0.29, 0.717) is 0 Å². The van der Waals surface area contributed by atoms with Gasteiger partial charge in [-0.2, -0.15) is 0 Å². The maximum atomic E-state index is 16.4. The van der Waals surface area contributed by atoms with Crippen LogP contribution in [0.25, 0.3) is 11.1 Å². The summed E-state index contributed by atoms with van der Waals surface area (Å²) in [6, 6.07) is 2.28. The molecule has 0 spiro atoms. The SMILES string of the molecule is C#CCNC(=O)[C@H]1NC(=O)[C@H]2NC(=O)[C@H](NC(=O)[C@@H]3NC(=O)[C@H](CC(N)=O)NC(=O)[C@H](NC(=O)[C@@H](CC(C)C)NC)[C@H](O)c4ccc(c(Cl)c4)Oc4cc3cc(c4O[C@@H]3O[C@H](CO)[C@@H](O)[C@H](O)[C@H]3O[C@H]3C[C@](C)(N)[C@@H](O)[C@H](C)O3)Oc3ccc(cc3)[C@H]2O[C@H]2C[C@](C)(N)[C@@H](O)[C@H](C)O2)c2ccc(O)c(c2)-c2c(O)cc(O)cc21. The fraction of sp³-hybridized carbons (Fsp3) is 0.474. The number of aliphatic hydroxyl groups excluding tert-OH is 6. The second-order valence-electron chi connectivity index (χ2n) is 29.7. The van der Waals surface area contributed by atoms with Gasteiger partial charge in [0.2, 0.25) is 59.3 Å². The number of hydrogen-bond acceptors (Lipinski definition) is 28. The van der Waals surface area contributed by atoms with Crippen molar-refractivity contribution in [3.8, 4) is 69.5 Å². The molecule has 22 atom stereocenters. The Balaban J connectivity index is 1.19. The quantitative estimate of drug-likeness (QED) is 0.0546. The van der Waals surface area contributed by atoms with E-state index in [4.69, 9.17) is 73.1 Å². The maximum Gasteiger partial charge on any atom is 0.248 e. The highest BCUT2D eigenvalue weighted by atomic mass is 35.5. The zero-order valence-corrected chi connectivity index (χ0v) is 63.0. The number of rotatable bonds is 16. The van der Waals surface area contributed by atoms with Gasteiger partial charge in [-0.3, -0.25) is 38.4 Å². The van der Waals surface area contributed by atoms with Crippen LogP contribution < -0.4 is 73.9 Å². The average Bonchev–Trinajstić information content (AvgIpc) is 0.765. The third kappa shape index (κ3) is 18.3. The van der Waals surface area contributed by atoms with Crippen LogP contribution in [0.3, 0.4) is 0 Å². The molecular weight excluding hydrogens is 1500 g/mol. The molecule has 3 saturated heterocycles. The Bertz CT molecular complexity index is 4490. The van der Waals surface area contributed by atoms with E-state index < -0.39 is 257 Å². The van der Waals surface area contributed by atoms with E-state index in [0.717, 1.165) is 48.5 Å². The molecule has 0 radical (unpaired) electrons. The fourth-order valence-corrected chi connectivity index (χ4v) is 14.7. The molecule has 608 valence electrons. The van der Waals surface area contributed by atoms with E-state index in [1.54, 1.807) is 0 Å². The number of benzene rings is 5. The predicted octanol–water partition coefficient (Wildman–Crippen LogP) is -0.645. The van der Waals surface area contributed by atoms with Crippen LogP contribution in [0.5, 0.6) is 46.0 Å². The van der Waals surface area contributed by atoms with E-state index in [-0.39, 0.29) is 58.4 Å². The normalized spacial score (nSPS) is 31.6. The smallest absolute Gasteiger partial charge is 0.248 e. The van der Waals surface area contributed by atoms with Gasteiger partial charge in [-0.15, -0.1) is 6.42 Å². The van der Waals surface area contributed by atoms with Crippen LogP contribution in [-0.2, 0) is 62.0 Å². The molecule has 3 fully saturated rings. The van der Waals surface area contributed by atoms with Crippen molar-refractivity contribution in [3.63, 3.8) is 0 Å². The standard InChI is InChI=1S/C76H92ClN11O25/c1-9-18-82-69(101)56-40-24-37(90)25-45(92)53(40)39-20-34(12-16-44(39)91)54-70(102)88-58(73(105)86-56)62(111-51-27-75(6,79)65(97)31(4)106-51)33-10-14-38(15-11-33)108-47-22-36-23-48(63(47)113-74-64(61(96)60(95)49(29-89)110-74)112-52-28-76(7,80)66(98)32(5)107-52)109-46-17-13-35(21-41(46)77)59(94)57(87-67(99)42(81-8)19-30(2)3)72(104)83-43(26-50(78)93)68(100)84-55(36)71(103)85-54/h1,10-17,20-25,30-32,42-43,49,51-52,54-62,64-66,74,81,89-92,94-98H,18-19,26-29,79-80H2,2-8H3,(H2,78,93)(H,82,101)(H,83,104)(H,84,100)(H,85,103)(H,86,105)(H,87,99)(H,88,102)/t31-,32-,42+,43-,49+,51-,52-,54+,55+,56-,57+,58-,59+,60+,61-,62+,64+,65-,66-,74-,75-,76-/m0/s1. The summed E-state index contributed by atoms with van der Waals surface area (Å²) >= 11 is 7.15. The molecule has 113 heavy (non-hydrogen) atoms. The summed E-state index contributed by atoms with van der Waals surface area (Å²) in [5.74, 6) is -12.1. The molecule has 0 unspecified atom stereocenters. The summed E-state index contributed by atoms with van der Waals surface area (Å²) in [5.41, 5.74) is 14.1. The molecule has 0 saturated carbocycles. The predicted molar refractivity (Wildman–Crippen MR) is 395 cm³/mol. The number of fused-ring (bicyclic) bond motifs is 15. The molecule has 8 amide bonds. The van der Waals surface area contributed by atoms with Gasteiger partial charge in [0.05, 0.1) is 55.1 Å². The number of halogens is 1. The Kier molecular flexibility index (Phi) is 25.5. The highest BCUT2D eigenvalue weighted by Gasteiger charge is 2.52. The van der Waals surface area contributed by atoms with Gasteiger partial charge in [0, 0.05) is 41.1 Å². The molecule has 0 aromatic heterocycles. The summed E-state index contributed by atoms with van der Waals surface area (Å²) in [5, 5.41) is 124. The van der Waals surface area contributed by atoms with E-state index in [9.17, 15) is 60.3 Å². The number of amides is 8. The molecule has 11 bridgehead atoms. The number of aromatic hydroxyl groups is 3. The lowest BCUT2D eigenvalue weighted by Crippen LogP contribution is -2.64. The lowest BCUT2D eigenvalue weighted by atomic mass is 9.86. The van der Waals surface area contributed by atoms with Crippen molar-refractivity contribution in [3.05, 3.63) is 118 Å². The monoisotopic (exact) mass is 1590 g/mol. The number of phenols is 3. The Morgan fingerprint density at radius 1 is 0.699 bits per heavy atom. The number of likely N-dealkylation sites (N-methyl/N-ethyl adjacent to an activating group) is 1. The Morgan fingerprint density at radius 3 is 1.92 bits per heavy atom. The molecule has 5 aromatic rings. The van der Waals surface area contributed by atoms with Crippen LogP contribution in [0.2, 0.25) is 5.02 Å². The van der Waals surface area contributed by atoms with Crippen LogP contribution in [0.1, 0.15) is 125 Å². The first-order chi connectivity index (χ1) is 53.4. The molecular formula is C76H92ClN11O25. The number of carbonyl (C=O) groups excluding carboxylic acids is 8. The van der Waals surface area contributed by atoms with Crippen LogP contribution in [0.4, 0.5) is 0 Å². The highest BCUT2D eigenvalue weighted by molar-refractivity contribution is 6.32. The van der Waals surface area contributed by atoms with Gasteiger partial charge in [0.15, 0.2) is 30.2 Å². The van der Waals surface area contributed by atoms with Crippen molar-refractivity contribution in [1.82, 2.24) is 42.5 Å². The van der Waals surface area contributed by atoms with Gasteiger partial charge in [-0.1, -0.05) is 55.6 Å². The highest BCUT2D eigenvalue weighted by Crippen LogP contribution is 2.50. The minimum atomic E-state index is -2.34. The third-order valence-corrected chi connectivity index (χ3v) is 20.7. The van der Waals surface area contributed by atoms with E-state index in [1.807, 2.05) is 13.8 Å². The van der Waals surface area contributed by atoms with Crippen molar-refractivity contribution in [2.45, 2.75) is 201 Å². The van der Waals surface area contributed by atoms with Crippen molar-refractivity contribution in [1.29, 1.82) is 0 Å². The van der Waals surface area contributed by atoms with Gasteiger partial charge in [0.25, 0.3) is 0 Å². The number of aliphatic hydroxyl groups is 6. The van der Waals surface area contributed by atoms with Gasteiger partial charge in [-0.25, -0.2) is 0 Å². The zero-order valence-electron chi connectivity index (χ0n) is 62.2. The number of phenolic OH excluding ortho intramolecular Hbond substituents is 3. The summed E-state index contributed by atoms with van der Waals surface area (Å²) in [6.45, 7) is 8.25. The van der Waals surface area contributed by atoms with Crippen LogP contribution in [0.15, 0.2) is 84.9 Å². The van der Waals surface area contributed by atoms with Crippen molar-refractivity contribution in [2.75, 3.05) is 20.2 Å². The summed E-state index contributed by atoms with van der Waals surface area (Å²) < 4.78 is 52.0. The molecule has 23 N–H and O–H groups in total. The van der Waals surface area contributed by atoms with Gasteiger partial charge >= 0.3 is 0 Å². The number of hydrogen-bond donors (Lipinski definition) is 20. The zero-order chi connectivity index (χ0) is 82.1. The lowest BCUT2D eigenvalue weighted by molar-refractivity contribution is -0.333. The van der Waals surface area contributed by atoms with Gasteiger partial charge < -0.3 is 144 Å². The Labute approximate surface area is 651 Å². The van der Waals surface area contributed by atoms with Crippen LogP contribution in [0, 0.1) is 18.3 Å². The molecule has 0 aliphatic carbocycles. The number of nitrogens with two attached hydrogens (primary N) is 3. The minimum absolute atomic E-state index is 0.0128. The first-order valence-corrected chi connectivity index (χ1v) is 36.6. The first-order valence-electron chi connectivity index (χ1n) is 36.2. The third-order valence-electron chi connectivity index (χ3n) is 20.4. The largest absolute Gasteiger partial charge is 0.508 e. The molecule has 5 aromatic carbocycles. The maximum absolute atomic E-state index is 16.4.